The predicted molar refractivity (Wildman–Crippen MR) is 72.2 cm³/mol. The largest absolute Gasteiger partial charge is 0.349 e. The van der Waals surface area contributed by atoms with E-state index < -0.39 is 10.0 Å². The fourth-order valence-corrected chi connectivity index (χ4v) is 2.69. The van der Waals surface area contributed by atoms with Crippen LogP contribution in [0.2, 0.25) is 0 Å². The normalized spacial score (nSPS) is 15.7. The number of nitrogens with two attached hydrogens (primary N) is 1. The van der Waals surface area contributed by atoms with Gasteiger partial charge in [0.15, 0.2) is 0 Å². The standard InChI is InChI=1S/C13H16N2O3S/c1-9-6-10(8-12(7-9)19(14,17)18)13(16)15-11-4-2-3-5-11/h2-3,6-8,11H,4-5H2,1H3,(H,15,16)(H2,14,17,18). The fourth-order valence-electron chi connectivity index (χ4n) is 2.05. The molecule has 3 N–H and O–H groups in total. The fraction of sp³-hybridized carbons (Fsp3) is 0.308. The van der Waals surface area contributed by atoms with E-state index in [1.54, 1.807) is 13.0 Å². The van der Waals surface area contributed by atoms with Crippen molar-refractivity contribution < 1.29 is 13.2 Å². The number of amides is 1. The highest BCUT2D eigenvalue weighted by Gasteiger charge is 2.17. The molecule has 0 fully saturated rings. The van der Waals surface area contributed by atoms with E-state index in [2.05, 4.69) is 5.32 Å². The molecule has 1 aliphatic carbocycles. The SMILES string of the molecule is Cc1cc(C(=O)NC2CC=CC2)cc(S(N)(=O)=O)c1. The van der Waals surface area contributed by atoms with E-state index in [1.807, 2.05) is 12.2 Å². The molecule has 0 aromatic heterocycles. The average Bonchev–Trinajstić information content (AvgIpc) is 2.79. The van der Waals surface area contributed by atoms with Gasteiger partial charge in [-0.15, -0.1) is 0 Å². The second-order valence-electron chi connectivity index (χ2n) is 4.69. The summed E-state index contributed by atoms with van der Waals surface area (Å²) in [5, 5.41) is 7.95. The summed E-state index contributed by atoms with van der Waals surface area (Å²) in [6.45, 7) is 1.72. The van der Waals surface area contributed by atoms with E-state index in [-0.39, 0.29) is 16.8 Å². The van der Waals surface area contributed by atoms with E-state index in [9.17, 15) is 13.2 Å². The highest BCUT2D eigenvalue weighted by Crippen LogP contribution is 2.15. The lowest BCUT2D eigenvalue weighted by atomic mass is 10.1. The van der Waals surface area contributed by atoms with Crippen molar-refractivity contribution in [2.75, 3.05) is 0 Å². The number of carbonyl (C=O) groups is 1. The molecule has 0 saturated heterocycles. The second kappa shape index (κ2) is 5.14. The molecule has 19 heavy (non-hydrogen) atoms. The van der Waals surface area contributed by atoms with Crippen LogP contribution in [-0.2, 0) is 10.0 Å². The molecule has 0 bridgehead atoms. The maximum absolute atomic E-state index is 12.1. The maximum atomic E-state index is 12.1. The van der Waals surface area contributed by atoms with Gasteiger partial charge in [0.2, 0.25) is 10.0 Å². The zero-order chi connectivity index (χ0) is 14.0. The van der Waals surface area contributed by atoms with Crippen LogP contribution < -0.4 is 10.5 Å². The lowest BCUT2D eigenvalue weighted by molar-refractivity contribution is 0.0938. The van der Waals surface area contributed by atoms with Gasteiger partial charge in [0, 0.05) is 11.6 Å². The number of carbonyl (C=O) groups excluding carboxylic acids is 1. The van der Waals surface area contributed by atoms with Crippen LogP contribution in [0.1, 0.15) is 28.8 Å². The van der Waals surface area contributed by atoms with Crippen LogP contribution in [0.25, 0.3) is 0 Å². The van der Waals surface area contributed by atoms with Gasteiger partial charge in [-0.1, -0.05) is 12.2 Å². The molecule has 1 aliphatic rings. The predicted octanol–water partition coefficient (Wildman–Crippen LogP) is 1.09. The monoisotopic (exact) mass is 280 g/mol. The number of primary sulfonamides is 1. The third-order valence-electron chi connectivity index (χ3n) is 2.98. The minimum Gasteiger partial charge on any atom is -0.349 e. The number of sulfonamides is 1. The van der Waals surface area contributed by atoms with Gasteiger partial charge in [0.25, 0.3) is 5.91 Å². The summed E-state index contributed by atoms with van der Waals surface area (Å²) in [6, 6.07) is 4.49. The molecular formula is C13H16N2O3S. The number of aryl methyl sites for hydroxylation is 1. The number of nitrogens with one attached hydrogen (secondary N) is 1. The number of hydrogen-bond acceptors (Lipinski definition) is 3. The van der Waals surface area contributed by atoms with Crippen LogP contribution in [-0.4, -0.2) is 20.4 Å². The van der Waals surface area contributed by atoms with Crippen LogP contribution in [0.4, 0.5) is 0 Å². The molecule has 102 valence electrons. The topological polar surface area (TPSA) is 89.3 Å². The molecule has 0 aliphatic heterocycles. The van der Waals surface area contributed by atoms with E-state index in [1.165, 1.54) is 12.1 Å². The molecule has 2 rings (SSSR count). The third-order valence-corrected chi connectivity index (χ3v) is 3.88. The highest BCUT2D eigenvalue weighted by atomic mass is 32.2. The lowest BCUT2D eigenvalue weighted by Gasteiger charge is -2.13. The highest BCUT2D eigenvalue weighted by molar-refractivity contribution is 7.89. The molecule has 1 amide bonds. The lowest BCUT2D eigenvalue weighted by Crippen LogP contribution is -2.33. The molecular weight excluding hydrogens is 264 g/mol. The summed E-state index contributed by atoms with van der Waals surface area (Å²) < 4.78 is 22.7. The molecule has 6 heteroatoms. The Labute approximate surface area is 112 Å². The van der Waals surface area contributed by atoms with Crippen LogP contribution in [0.3, 0.4) is 0 Å². The molecule has 0 atom stereocenters. The number of hydrogen-bond donors (Lipinski definition) is 2. The Bertz CT molecular complexity index is 627. The molecule has 0 saturated carbocycles. The Morgan fingerprint density at radius 1 is 1.26 bits per heavy atom. The van der Waals surface area contributed by atoms with Crippen molar-refractivity contribution in [3.05, 3.63) is 41.5 Å². The Morgan fingerprint density at radius 2 is 1.89 bits per heavy atom. The van der Waals surface area contributed by atoms with Gasteiger partial charge < -0.3 is 5.32 Å². The molecule has 1 aromatic carbocycles. The van der Waals surface area contributed by atoms with Gasteiger partial charge in [0.05, 0.1) is 4.90 Å². The minimum absolute atomic E-state index is 0.0396. The van der Waals surface area contributed by atoms with E-state index in [4.69, 9.17) is 5.14 Å². The number of benzene rings is 1. The average molecular weight is 280 g/mol. The summed E-state index contributed by atoms with van der Waals surface area (Å²) in [5.74, 6) is -0.276. The van der Waals surface area contributed by atoms with Gasteiger partial charge in [-0.25, -0.2) is 13.6 Å². The van der Waals surface area contributed by atoms with Gasteiger partial charge >= 0.3 is 0 Å². The van der Waals surface area contributed by atoms with Gasteiger partial charge in [-0.05, 0) is 43.5 Å². The van der Waals surface area contributed by atoms with Gasteiger partial charge in [0.1, 0.15) is 0 Å². The van der Waals surface area contributed by atoms with Crippen LogP contribution >= 0.6 is 0 Å². The molecule has 0 heterocycles. The third kappa shape index (κ3) is 3.42. The first-order valence-electron chi connectivity index (χ1n) is 5.96. The van der Waals surface area contributed by atoms with Crippen molar-refractivity contribution in [2.45, 2.75) is 30.7 Å². The summed E-state index contributed by atoms with van der Waals surface area (Å²) >= 11 is 0. The summed E-state index contributed by atoms with van der Waals surface area (Å²) in [5.41, 5.74) is 0.997. The Morgan fingerprint density at radius 3 is 2.47 bits per heavy atom. The van der Waals surface area contributed by atoms with Crippen LogP contribution in [0.5, 0.6) is 0 Å². The maximum Gasteiger partial charge on any atom is 0.251 e. The smallest absolute Gasteiger partial charge is 0.251 e. The summed E-state index contributed by atoms with van der Waals surface area (Å²) in [4.78, 5) is 12.0. The zero-order valence-electron chi connectivity index (χ0n) is 10.6. The second-order valence-corrected chi connectivity index (χ2v) is 6.25. The van der Waals surface area contributed by atoms with E-state index >= 15 is 0 Å². The minimum atomic E-state index is -3.80. The van der Waals surface area contributed by atoms with Gasteiger partial charge in [-0.3, -0.25) is 4.79 Å². The summed E-state index contributed by atoms with van der Waals surface area (Å²) in [7, 11) is -3.80. The Kier molecular flexibility index (Phi) is 3.73. The molecule has 5 nitrogen and oxygen atoms in total. The molecule has 0 spiro atoms. The van der Waals surface area contributed by atoms with Crippen molar-refractivity contribution >= 4 is 15.9 Å². The van der Waals surface area contributed by atoms with Gasteiger partial charge in [-0.2, -0.15) is 0 Å². The molecule has 0 radical (unpaired) electrons. The first kappa shape index (κ1) is 13.8. The molecule has 0 unspecified atom stereocenters. The van der Waals surface area contributed by atoms with Crippen molar-refractivity contribution in [1.82, 2.24) is 5.32 Å². The first-order valence-corrected chi connectivity index (χ1v) is 7.51. The van der Waals surface area contributed by atoms with Crippen molar-refractivity contribution in [3.63, 3.8) is 0 Å². The Balaban J connectivity index is 2.24. The zero-order valence-corrected chi connectivity index (χ0v) is 11.4. The van der Waals surface area contributed by atoms with Crippen molar-refractivity contribution in [2.24, 2.45) is 5.14 Å². The van der Waals surface area contributed by atoms with E-state index in [0.717, 1.165) is 12.8 Å². The van der Waals surface area contributed by atoms with Crippen LogP contribution in [0.15, 0.2) is 35.2 Å². The first-order chi connectivity index (χ1) is 8.86. The van der Waals surface area contributed by atoms with E-state index in [0.29, 0.717) is 11.1 Å². The summed E-state index contributed by atoms with van der Waals surface area (Å²) in [6.07, 6.45) is 5.63. The Hall–Kier alpha value is -1.66. The number of rotatable bonds is 3. The van der Waals surface area contributed by atoms with Crippen molar-refractivity contribution in [1.29, 1.82) is 0 Å². The molecule has 1 aromatic rings. The van der Waals surface area contributed by atoms with Crippen molar-refractivity contribution in [3.8, 4) is 0 Å². The van der Waals surface area contributed by atoms with Crippen LogP contribution in [0, 0.1) is 6.92 Å². The quantitative estimate of drug-likeness (QED) is 0.812.